The van der Waals surface area contributed by atoms with Gasteiger partial charge in [-0.1, -0.05) is 6.07 Å². The molecule has 2 aromatic rings. The molecule has 0 aromatic heterocycles. The molecule has 5 nitrogen and oxygen atoms in total. The molecule has 2 aromatic carbocycles. The number of alkyl halides is 3. The average Bonchev–Trinajstić information content (AvgIpc) is 2.48. The van der Waals surface area contributed by atoms with Crippen LogP contribution in [0.25, 0.3) is 0 Å². The van der Waals surface area contributed by atoms with Crippen LogP contribution in [0.1, 0.15) is 21.5 Å². The van der Waals surface area contributed by atoms with E-state index >= 15 is 0 Å². The molecule has 0 saturated carbocycles. The number of carbonyl (C=O) groups is 1. The fourth-order valence-electron chi connectivity index (χ4n) is 1.96. The van der Waals surface area contributed by atoms with Gasteiger partial charge in [0.25, 0.3) is 11.6 Å². The van der Waals surface area contributed by atoms with E-state index in [1.165, 1.54) is 25.1 Å². The largest absolute Gasteiger partial charge is 0.416 e. The topological polar surface area (TPSA) is 72.2 Å². The van der Waals surface area contributed by atoms with Gasteiger partial charge in [0.1, 0.15) is 0 Å². The molecular weight excluding hydrogens is 313 g/mol. The lowest BCUT2D eigenvalue weighted by Gasteiger charge is -2.10. The number of anilines is 1. The molecule has 0 spiro atoms. The molecule has 0 fully saturated rings. The van der Waals surface area contributed by atoms with E-state index in [4.69, 9.17) is 0 Å². The highest BCUT2D eigenvalue weighted by Crippen LogP contribution is 2.29. The Morgan fingerprint density at radius 2 is 1.74 bits per heavy atom. The van der Waals surface area contributed by atoms with Gasteiger partial charge in [-0.2, -0.15) is 13.2 Å². The number of nitro benzene ring substituents is 1. The molecule has 1 N–H and O–H groups in total. The fraction of sp³-hybridized carbons (Fsp3) is 0.133. The Morgan fingerprint density at radius 3 is 2.26 bits per heavy atom. The van der Waals surface area contributed by atoms with E-state index in [2.05, 4.69) is 5.32 Å². The monoisotopic (exact) mass is 324 g/mol. The summed E-state index contributed by atoms with van der Waals surface area (Å²) < 4.78 is 37.4. The molecule has 0 saturated heterocycles. The van der Waals surface area contributed by atoms with Gasteiger partial charge in [0, 0.05) is 11.6 Å². The van der Waals surface area contributed by atoms with Crippen molar-refractivity contribution in [3.8, 4) is 0 Å². The summed E-state index contributed by atoms with van der Waals surface area (Å²) in [5.41, 5.74) is -0.512. The number of benzene rings is 2. The zero-order valence-corrected chi connectivity index (χ0v) is 11.8. The van der Waals surface area contributed by atoms with E-state index in [0.29, 0.717) is 0 Å². The second kappa shape index (κ2) is 6.07. The van der Waals surface area contributed by atoms with Crippen LogP contribution >= 0.6 is 0 Å². The first-order valence-corrected chi connectivity index (χ1v) is 6.43. The fourth-order valence-corrected chi connectivity index (χ4v) is 1.96. The zero-order valence-electron chi connectivity index (χ0n) is 11.8. The molecule has 0 aliphatic rings. The van der Waals surface area contributed by atoms with Gasteiger partial charge >= 0.3 is 6.18 Å². The molecule has 0 radical (unpaired) electrons. The van der Waals surface area contributed by atoms with Crippen LogP contribution in [0.15, 0.2) is 42.5 Å². The lowest BCUT2D eigenvalue weighted by molar-refractivity contribution is -0.385. The Balaban J connectivity index is 2.23. The van der Waals surface area contributed by atoms with Crippen molar-refractivity contribution in [3.63, 3.8) is 0 Å². The number of nitro groups is 1. The van der Waals surface area contributed by atoms with Gasteiger partial charge in [0.05, 0.1) is 21.7 Å². The minimum absolute atomic E-state index is 0.0175. The van der Waals surface area contributed by atoms with Crippen molar-refractivity contribution in [2.75, 3.05) is 5.32 Å². The van der Waals surface area contributed by atoms with Gasteiger partial charge in [-0.15, -0.1) is 0 Å². The van der Waals surface area contributed by atoms with Crippen LogP contribution < -0.4 is 5.32 Å². The van der Waals surface area contributed by atoms with E-state index < -0.39 is 22.6 Å². The SMILES string of the molecule is Cc1c(NC(=O)c2ccc(C(F)(F)F)cc2)cccc1[N+](=O)[O-]. The standard InChI is InChI=1S/C15H11F3N2O3/c1-9-12(3-2-4-13(9)20(22)23)19-14(21)10-5-7-11(8-6-10)15(16,17)18/h2-8H,1H3,(H,19,21). The summed E-state index contributed by atoms with van der Waals surface area (Å²) in [6.45, 7) is 1.47. The first kappa shape index (κ1) is 16.5. The summed E-state index contributed by atoms with van der Waals surface area (Å²) in [4.78, 5) is 22.3. The van der Waals surface area contributed by atoms with Crippen molar-refractivity contribution in [1.82, 2.24) is 0 Å². The van der Waals surface area contributed by atoms with Crippen LogP contribution in [0, 0.1) is 17.0 Å². The van der Waals surface area contributed by atoms with E-state index in [-0.39, 0.29) is 22.5 Å². The van der Waals surface area contributed by atoms with Crippen LogP contribution in [-0.4, -0.2) is 10.8 Å². The summed E-state index contributed by atoms with van der Waals surface area (Å²) in [6.07, 6.45) is -4.48. The molecule has 0 unspecified atom stereocenters. The van der Waals surface area contributed by atoms with Gasteiger partial charge in [-0.3, -0.25) is 14.9 Å². The average molecular weight is 324 g/mol. The molecule has 0 bridgehead atoms. The maximum Gasteiger partial charge on any atom is 0.416 e. The van der Waals surface area contributed by atoms with Gasteiger partial charge in [-0.25, -0.2) is 0 Å². The maximum atomic E-state index is 12.5. The van der Waals surface area contributed by atoms with Crippen LogP contribution in [0.3, 0.4) is 0 Å². The summed E-state index contributed by atoms with van der Waals surface area (Å²) in [7, 11) is 0. The number of amides is 1. The molecule has 0 atom stereocenters. The van der Waals surface area contributed by atoms with E-state index in [0.717, 1.165) is 24.3 Å². The van der Waals surface area contributed by atoms with E-state index in [9.17, 15) is 28.1 Å². The highest BCUT2D eigenvalue weighted by Gasteiger charge is 2.30. The molecule has 23 heavy (non-hydrogen) atoms. The molecule has 2 rings (SSSR count). The zero-order chi connectivity index (χ0) is 17.2. The van der Waals surface area contributed by atoms with Gasteiger partial charge < -0.3 is 5.32 Å². The third-order valence-corrected chi connectivity index (χ3v) is 3.22. The lowest BCUT2D eigenvalue weighted by atomic mass is 10.1. The third kappa shape index (κ3) is 3.65. The van der Waals surface area contributed by atoms with Crippen molar-refractivity contribution >= 4 is 17.3 Å². The number of nitrogens with one attached hydrogen (secondary N) is 1. The van der Waals surface area contributed by atoms with Gasteiger partial charge in [0.2, 0.25) is 0 Å². The quantitative estimate of drug-likeness (QED) is 0.680. The lowest BCUT2D eigenvalue weighted by Crippen LogP contribution is -2.14. The molecule has 0 aliphatic carbocycles. The Morgan fingerprint density at radius 1 is 1.13 bits per heavy atom. The number of hydrogen-bond acceptors (Lipinski definition) is 3. The number of carbonyl (C=O) groups excluding carboxylic acids is 1. The highest BCUT2D eigenvalue weighted by atomic mass is 19.4. The van der Waals surface area contributed by atoms with Crippen LogP contribution in [0.5, 0.6) is 0 Å². The van der Waals surface area contributed by atoms with E-state index in [1.807, 2.05) is 0 Å². The predicted octanol–water partition coefficient (Wildman–Crippen LogP) is 4.17. The summed E-state index contributed by atoms with van der Waals surface area (Å²) in [6, 6.07) is 7.88. The normalized spacial score (nSPS) is 11.1. The minimum atomic E-state index is -4.48. The molecule has 1 amide bonds. The first-order valence-electron chi connectivity index (χ1n) is 6.43. The van der Waals surface area contributed by atoms with Gasteiger partial charge in [0.15, 0.2) is 0 Å². The second-order valence-corrected chi connectivity index (χ2v) is 4.74. The van der Waals surface area contributed by atoms with E-state index in [1.54, 1.807) is 0 Å². The molecule has 0 heterocycles. The Hall–Kier alpha value is -2.90. The molecular formula is C15H11F3N2O3. The number of hydrogen-bond donors (Lipinski definition) is 1. The summed E-state index contributed by atoms with van der Waals surface area (Å²) in [5, 5.41) is 13.3. The third-order valence-electron chi connectivity index (χ3n) is 3.22. The van der Waals surface area contributed by atoms with Crippen molar-refractivity contribution in [1.29, 1.82) is 0 Å². The summed E-state index contributed by atoms with van der Waals surface area (Å²) in [5.74, 6) is -0.651. The smallest absolute Gasteiger partial charge is 0.321 e. The van der Waals surface area contributed by atoms with Crippen LogP contribution in [0.4, 0.5) is 24.5 Å². The van der Waals surface area contributed by atoms with Crippen molar-refractivity contribution in [2.45, 2.75) is 13.1 Å². The van der Waals surface area contributed by atoms with Crippen molar-refractivity contribution in [3.05, 3.63) is 69.3 Å². The number of nitrogens with zero attached hydrogens (tertiary/aromatic N) is 1. The number of rotatable bonds is 3. The Kier molecular flexibility index (Phi) is 4.35. The molecule has 0 aliphatic heterocycles. The number of halogens is 3. The van der Waals surface area contributed by atoms with Crippen LogP contribution in [0.2, 0.25) is 0 Å². The maximum absolute atomic E-state index is 12.5. The Bertz CT molecular complexity index is 756. The molecule has 8 heteroatoms. The highest BCUT2D eigenvalue weighted by molar-refractivity contribution is 6.04. The molecule has 120 valence electrons. The van der Waals surface area contributed by atoms with Crippen molar-refractivity contribution < 1.29 is 22.9 Å². The first-order chi connectivity index (χ1) is 10.7. The van der Waals surface area contributed by atoms with Crippen molar-refractivity contribution in [2.24, 2.45) is 0 Å². The minimum Gasteiger partial charge on any atom is -0.321 e. The predicted molar refractivity (Wildman–Crippen MR) is 77.2 cm³/mol. The van der Waals surface area contributed by atoms with Crippen LogP contribution in [-0.2, 0) is 6.18 Å². The van der Waals surface area contributed by atoms with Gasteiger partial charge in [-0.05, 0) is 37.3 Å². The second-order valence-electron chi connectivity index (χ2n) is 4.74. The Labute approximate surface area is 128 Å². The summed E-state index contributed by atoms with van der Waals surface area (Å²) >= 11 is 0.